The van der Waals surface area contributed by atoms with Gasteiger partial charge in [-0.15, -0.1) is 0 Å². The smallest absolute Gasteiger partial charge is 0.331 e. The van der Waals surface area contributed by atoms with Crippen LogP contribution >= 0.6 is 0 Å². The zero-order valence-corrected chi connectivity index (χ0v) is 9.71. The number of anilines is 1. The van der Waals surface area contributed by atoms with Crippen molar-refractivity contribution in [1.29, 1.82) is 0 Å². The molecule has 0 aliphatic heterocycles. The molecule has 1 aromatic rings. The van der Waals surface area contributed by atoms with Crippen LogP contribution in [-0.4, -0.2) is 18.1 Å². The minimum atomic E-state index is -0.946. The Hall–Kier alpha value is -1.58. The van der Waals surface area contributed by atoms with Crippen molar-refractivity contribution in [1.82, 2.24) is 0 Å². The highest BCUT2D eigenvalue weighted by molar-refractivity contribution is 5.83. The first kappa shape index (κ1) is 12.5. The Morgan fingerprint density at radius 3 is 2.62 bits per heavy atom. The molecule has 0 saturated heterocycles. The fraction of sp³-hybridized carbons (Fsp3) is 0.417. The maximum absolute atomic E-state index is 13.4. The van der Waals surface area contributed by atoms with Gasteiger partial charge >= 0.3 is 5.97 Å². The number of carbonyl (C=O) groups is 1. The van der Waals surface area contributed by atoms with E-state index in [0.29, 0.717) is 12.3 Å². The van der Waals surface area contributed by atoms with Gasteiger partial charge in [0.2, 0.25) is 0 Å². The predicted molar refractivity (Wildman–Crippen MR) is 60.7 cm³/mol. The van der Waals surface area contributed by atoms with Crippen molar-refractivity contribution in [2.24, 2.45) is 0 Å². The Bertz CT molecular complexity index is 377. The quantitative estimate of drug-likeness (QED) is 0.800. The first-order valence-corrected chi connectivity index (χ1v) is 5.17. The summed E-state index contributed by atoms with van der Waals surface area (Å²) in [6, 6.07) is 6.21. The number of ether oxygens (including phenoxy) is 1. The molecular formula is C12H16FNO2. The van der Waals surface area contributed by atoms with Crippen LogP contribution in [0.15, 0.2) is 24.3 Å². The normalized spacial score (nSPS) is 11.0. The Labute approximate surface area is 94.6 Å². The molecule has 0 aromatic heterocycles. The molecule has 1 aromatic carbocycles. The first-order chi connectivity index (χ1) is 7.47. The largest absolute Gasteiger partial charge is 0.464 e. The van der Waals surface area contributed by atoms with Crippen LogP contribution in [0.5, 0.6) is 0 Å². The van der Waals surface area contributed by atoms with E-state index in [9.17, 15) is 9.18 Å². The maximum atomic E-state index is 13.4. The predicted octanol–water partition coefficient (Wildman–Crippen LogP) is 2.58. The molecule has 0 amide bonds. The van der Waals surface area contributed by atoms with E-state index in [1.165, 1.54) is 6.07 Å². The Morgan fingerprint density at radius 1 is 1.44 bits per heavy atom. The summed E-state index contributed by atoms with van der Waals surface area (Å²) >= 11 is 0. The summed E-state index contributed by atoms with van der Waals surface area (Å²) < 4.78 is 18.2. The molecule has 0 aliphatic carbocycles. The lowest BCUT2D eigenvalue weighted by Gasteiger charge is -2.25. The Morgan fingerprint density at radius 2 is 2.06 bits per heavy atom. The van der Waals surface area contributed by atoms with Gasteiger partial charge in [-0.1, -0.05) is 12.1 Å². The Balaban J connectivity index is 2.80. The summed E-state index contributed by atoms with van der Waals surface area (Å²) in [5.41, 5.74) is -0.654. The zero-order chi connectivity index (χ0) is 12.2. The van der Waals surface area contributed by atoms with Gasteiger partial charge in [-0.3, -0.25) is 0 Å². The van der Waals surface area contributed by atoms with E-state index in [1.807, 2.05) is 0 Å². The standard InChI is InChI=1S/C12H16FNO2/c1-4-16-11(15)12(2,3)14-10-8-6-5-7-9(10)13/h5-8,14H,4H2,1-3H3. The minimum Gasteiger partial charge on any atom is -0.464 e. The molecule has 0 spiro atoms. The molecule has 0 aliphatic rings. The van der Waals surface area contributed by atoms with Crippen LogP contribution in [0.1, 0.15) is 20.8 Å². The second kappa shape index (κ2) is 4.96. The first-order valence-electron chi connectivity index (χ1n) is 5.17. The van der Waals surface area contributed by atoms with Crippen molar-refractivity contribution in [2.75, 3.05) is 11.9 Å². The van der Waals surface area contributed by atoms with Crippen LogP contribution in [0.25, 0.3) is 0 Å². The van der Waals surface area contributed by atoms with Gasteiger partial charge in [0, 0.05) is 0 Å². The Kier molecular flexibility index (Phi) is 3.88. The zero-order valence-electron chi connectivity index (χ0n) is 9.71. The van der Waals surface area contributed by atoms with E-state index >= 15 is 0 Å². The molecule has 0 unspecified atom stereocenters. The summed E-state index contributed by atoms with van der Waals surface area (Å²) in [6.45, 7) is 5.34. The molecule has 0 radical (unpaired) electrons. The van der Waals surface area contributed by atoms with Crippen LogP contribution < -0.4 is 5.32 Å². The SMILES string of the molecule is CCOC(=O)C(C)(C)Nc1ccccc1F. The van der Waals surface area contributed by atoms with E-state index < -0.39 is 11.5 Å². The number of benzene rings is 1. The van der Waals surface area contributed by atoms with Crippen molar-refractivity contribution < 1.29 is 13.9 Å². The van der Waals surface area contributed by atoms with Gasteiger partial charge in [0.15, 0.2) is 0 Å². The summed E-state index contributed by atoms with van der Waals surface area (Å²) in [5, 5.41) is 2.82. The summed E-state index contributed by atoms with van der Waals surface area (Å²) in [5.74, 6) is -0.793. The third-order valence-corrected chi connectivity index (χ3v) is 2.11. The van der Waals surface area contributed by atoms with Crippen LogP contribution in [0.3, 0.4) is 0 Å². The number of esters is 1. The summed E-state index contributed by atoms with van der Waals surface area (Å²) in [7, 11) is 0. The average molecular weight is 225 g/mol. The van der Waals surface area contributed by atoms with E-state index in [-0.39, 0.29) is 5.82 Å². The molecule has 0 saturated carbocycles. The molecule has 0 heterocycles. The van der Waals surface area contributed by atoms with Crippen molar-refractivity contribution in [3.8, 4) is 0 Å². The molecule has 4 heteroatoms. The number of rotatable bonds is 4. The fourth-order valence-electron chi connectivity index (χ4n) is 1.26. The van der Waals surface area contributed by atoms with Crippen molar-refractivity contribution >= 4 is 11.7 Å². The van der Waals surface area contributed by atoms with Crippen LogP contribution in [-0.2, 0) is 9.53 Å². The van der Waals surface area contributed by atoms with E-state index in [0.717, 1.165) is 0 Å². The number of para-hydroxylation sites is 1. The number of hydrogen-bond donors (Lipinski definition) is 1. The lowest BCUT2D eigenvalue weighted by atomic mass is 10.1. The third-order valence-electron chi connectivity index (χ3n) is 2.11. The lowest BCUT2D eigenvalue weighted by Crippen LogP contribution is -2.41. The van der Waals surface area contributed by atoms with E-state index in [1.54, 1.807) is 39.0 Å². The van der Waals surface area contributed by atoms with Crippen LogP contribution in [0.2, 0.25) is 0 Å². The van der Waals surface area contributed by atoms with E-state index in [4.69, 9.17) is 4.74 Å². The molecule has 88 valence electrons. The second-order valence-electron chi connectivity index (χ2n) is 3.95. The van der Waals surface area contributed by atoms with Gasteiger partial charge in [-0.25, -0.2) is 9.18 Å². The second-order valence-corrected chi connectivity index (χ2v) is 3.95. The summed E-state index contributed by atoms with van der Waals surface area (Å²) in [6.07, 6.45) is 0. The van der Waals surface area contributed by atoms with Crippen molar-refractivity contribution in [2.45, 2.75) is 26.3 Å². The van der Waals surface area contributed by atoms with Gasteiger partial charge < -0.3 is 10.1 Å². The molecule has 16 heavy (non-hydrogen) atoms. The number of nitrogens with one attached hydrogen (secondary N) is 1. The topological polar surface area (TPSA) is 38.3 Å². The number of halogens is 1. The van der Waals surface area contributed by atoms with Gasteiger partial charge in [-0.2, -0.15) is 0 Å². The molecule has 0 bridgehead atoms. The van der Waals surface area contributed by atoms with Crippen molar-refractivity contribution in [3.05, 3.63) is 30.1 Å². The maximum Gasteiger partial charge on any atom is 0.331 e. The van der Waals surface area contributed by atoms with Crippen molar-refractivity contribution in [3.63, 3.8) is 0 Å². The van der Waals surface area contributed by atoms with Gasteiger partial charge in [0.1, 0.15) is 11.4 Å². The highest BCUT2D eigenvalue weighted by atomic mass is 19.1. The minimum absolute atomic E-state index is 0.292. The third kappa shape index (κ3) is 2.95. The molecule has 0 atom stereocenters. The lowest BCUT2D eigenvalue weighted by molar-refractivity contribution is -0.147. The van der Waals surface area contributed by atoms with Gasteiger partial charge in [-0.05, 0) is 32.9 Å². The number of hydrogen-bond acceptors (Lipinski definition) is 3. The molecule has 3 nitrogen and oxygen atoms in total. The highest BCUT2D eigenvalue weighted by Crippen LogP contribution is 2.19. The van der Waals surface area contributed by atoms with Crippen LogP contribution in [0.4, 0.5) is 10.1 Å². The highest BCUT2D eigenvalue weighted by Gasteiger charge is 2.29. The monoisotopic (exact) mass is 225 g/mol. The average Bonchev–Trinajstić information content (AvgIpc) is 2.21. The summed E-state index contributed by atoms with van der Waals surface area (Å²) in [4.78, 5) is 11.6. The molecule has 0 fully saturated rings. The molecule has 1 N–H and O–H groups in total. The van der Waals surface area contributed by atoms with Crippen LogP contribution in [0, 0.1) is 5.82 Å². The van der Waals surface area contributed by atoms with Gasteiger partial charge in [0.05, 0.1) is 12.3 Å². The van der Waals surface area contributed by atoms with Gasteiger partial charge in [0.25, 0.3) is 0 Å². The molecule has 1 rings (SSSR count). The number of carbonyl (C=O) groups excluding carboxylic acids is 1. The van der Waals surface area contributed by atoms with E-state index in [2.05, 4.69) is 5.32 Å². The fourth-order valence-corrected chi connectivity index (χ4v) is 1.26. The molecular weight excluding hydrogens is 209 g/mol.